The smallest absolute Gasteiger partial charge is 0.243 e. The summed E-state index contributed by atoms with van der Waals surface area (Å²) in [5, 5.41) is 13.7. The zero-order valence-corrected chi connectivity index (χ0v) is 31.9. The highest BCUT2D eigenvalue weighted by atomic mass is 32.1. The fraction of sp³-hybridized carbons (Fsp3) is 0.421. The average Bonchev–Trinajstić information content (AvgIpc) is 3.57. The first-order chi connectivity index (χ1) is 26.3. The number of fused-ring (bicyclic) bond motifs is 17. The van der Waals surface area contributed by atoms with Crippen molar-refractivity contribution in [3.8, 4) is 5.75 Å². The largest absolute Gasteiger partial charge is 0.490 e. The highest BCUT2D eigenvalue weighted by Gasteiger charge is 2.33. The van der Waals surface area contributed by atoms with Crippen LogP contribution in [-0.4, -0.2) is 90.1 Å². The lowest BCUT2D eigenvalue weighted by molar-refractivity contribution is -0.135. The molecule has 0 saturated heterocycles. The van der Waals surface area contributed by atoms with E-state index in [1.54, 1.807) is 48.6 Å². The van der Waals surface area contributed by atoms with E-state index in [1.807, 2.05) is 26.0 Å². The number of ketones is 1. The summed E-state index contributed by atoms with van der Waals surface area (Å²) in [6.07, 6.45) is 3.65. The van der Waals surface area contributed by atoms with Gasteiger partial charge in [0.15, 0.2) is 11.0 Å². The molecule has 4 atom stereocenters. The Morgan fingerprint density at radius 1 is 1.00 bits per heavy atom. The summed E-state index contributed by atoms with van der Waals surface area (Å²) in [4.78, 5) is 89.3. The van der Waals surface area contributed by atoms with Crippen molar-refractivity contribution in [2.45, 2.75) is 77.0 Å². The highest BCUT2D eigenvalue weighted by molar-refractivity contribution is 7.20. The van der Waals surface area contributed by atoms with Crippen molar-refractivity contribution >= 4 is 62.8 Å². The van der Waals surface area contributed by atoms with Gasteiger partial charge in [-0.15, -0.1) is 11.3 Å². The first-order valence-corrected chi connectivity index (χ1v) is 18.9. The normalized spacial score (nSPS) is 19.6. The summed E-state index contributed by atoms with van der Waals surface area (Å²) in [6, 6.07) is 9.53. The van der Waals surface area contributed by atoms with Gasteiger partial charge in [-0.2, -0.15) is 0 Å². The van der Waals surface area contributed by atoms with Gasteiger partial charge in [0.1, 0.15) is 30.5 Å². The van der Waals surface area contributed by atoms with Crippen molar-refractivity contribution in [2.24, 2.45) is 22.4 Å². The summed E-state index contributed by atoms with van der Waals surface area (Å²) < 4.78 is 6.53. The minimum atomic E-state index is -1.45. The van der Waals surface area contributed by atoms with Gasteiger partial charge in [-0.25, -0.2) is 4.98 Å². The van der Waals surface area contributed by atoms with Crippen LogP contribution in [0.2, 0.25) is 0 Å². The quantitative estimate of drug-likeness (QED) is 0.0483. The van der Waals surface area contributed by atoms with Gasteiger partial charge in [0.05, 0.1) is 22.7 Å². The molecule has 55 heavy (non-hydrogen) atoms. The number of nitrogens with zero attached hydrogens (tertiary/aromatic N) is 2. The van der Waals surface area contributed by atoms with Gasteiger partial charge < -0.3 is 42.8 Å². The van der Waals surface area contributed by atoms with Crippen molar-refractivity contribution < 1.29 is 33.5 Å². The minimum Gasteiger partial charge on any atom is -0.490 e. The molecule has 9 N–H and O–H groups in total. The molecule has 0 saturated carbocycles. The van der Waals surface area contributed by atoms with Crippen LogP contribution in [-0.2, 0) is 30.4 Å². The third kappa shape index (κ3) is 13.5. The predicted octanol–water partition coefficient (Wildman–Crippen LogP) is 1.24. The van der Waals surface area contributed by atoms with Gasteiger partial charge in [-0.1, -0.05) is 44.2 Å². The molecule has 17 heteroatoms. The number of guanidine groups is 1. The number of amides is 5. The second kappa shape index (κ2) is 20.6. The minimum absolute atomic E-state index is 0.0863. The Bertz CT molecular complexity index is 1860. The SMILES string of the molecule is CC(=O)N[C@H]1Cc2ccc(cc2)OC/C=C\CNC(=O)C[C@@H](C(=O)N[C@@H](CCCN=C(N)N)C(=O)c2nc3ccccc3s2)NC(=O)[C@H](CC(C)C)NC1=O. The van der Waals surface area contributed by atoms with E-state index in [9.17, 15) is 28.8 Å². The number of aliphatic imine (C=N–C) groups is 1. The molecule has 2 aromatic carbocycles. The lowest BCUT2D eigenvalue weighted by Gasteiger charge is -2.27. The Morgan fingerprint density at radius 3 is 2.44 bits per heavy atom. The molecule has 0 unspecified atom stereocenters. The standard InChI is InChI=1S/C38H49N9O7S/c1-22(2)19-28-34(51)46-30(36(53)44-27(10-8-17-42-38(39)40)33(50)37-47-26-9-4-5-11-31(26)55-37)21-32(49)41-16-6-7-18-54-25-14-12-24(13-15-25)20-29(35(52)45-28)43-23(3)48/h4-7,9,11-15,22,27-30H,8,10,16-21H2,1-3H3,(H,41,49)(H,43,48)(H,44,53)(H,45,52)(H,46,51)(H4,39,40,42)/b7-6-/t27-,28-,29-,30-/m0/s1. The molecule has 0 radical (unpaired) electrons. The van der Waals surface area contributed by atoms with Crippen LogP contribution in [0.25, 0.3) is 10.2 Å². The second-order valence-corrected chi connectivity index (χ2v) is 14.5. The fourth-order valence-electron chi connectivity index (χ4n) is 5.77. The number of nitrogens with two attached hydrogens (primary N) is 2. The second-order valence-electron chi connectivity index (χ2n) is 13.5. The van der Waals surface area contributed by atoms with Gasteiger partial charge in [0.25, 0.3) is 0 Å². The number of thiazole rings is 1. The third-order valence-electron chi connectivity index (χ3n) is 8.43. The van der Waals surface area contributed by atoms with Gasteiger partial charge >= 0.3 is 0 Å². The highest BCUT2D eigenvalue weighted by Crippen LogP contribution is 2.23. The molecule has 2 aliphatic heterocycles. The van der Waals surface area contributed by atoms with E-state index in [4.69, 9.17) is 16.2 Å². The molecule has 3 heterocycles. The number of Topliss-reactive ketones (excluding diaryl/α,β-unsaturated/α-hetero) is 1. The van der Waals surface area contributed by atoms with Crippen molar-refractivity contribution in [3.05, 3.63) is 71.3 Å². The van der Waals surface area contributed by atoms with Crippen LogP contribution in [0.15, 0.2) is 65.7 Å². The maximum absolute atomic E-state index is 14.1. The van der Waals surface area contributed by atoms with E-state index in [2.05, 4.69) is 36.6 Å². The first-order valence-electron chi connectivity index (χ1n) is 18.1. The van der Waals surface area contributed by atoms with Crippen molar-refractivity contribution in [1.29, 1.82) is 0 Å². The van der Waals surface area contributed by atoms with E-state index in [0.717, 1.165) is 10.3 Å². The molecular weight excluding hydrogens is 727 g/mol. The monoisotopic (exact) mass is 775 g/mol. The molecule has 2 aliphatic rings. The molecule has 1 aromatic heterocycles. The Labute approximate surface area is 323 Å². The van der Waals surface area contributed by atoms with Crippen LogP contribution in [0, 0.1) is 5.92 Å². The van der Waals surface area contributed by atoms with Gasteiger partial charge in [-0.3, -0.25) is 33.8 Å². The van der Waals surface area contributed by atoms with E-state index < -0.39 is 65.9 Å². The van der Waals surface area contributed by atoms with E-state index in [0.29, 0.717) is 17.7 Å². The van der Waals surface area contributed by atoms with Gasteiger partial charge in [0.2, 0.25) is 35.3 Å². The van der Waals surface area contributed by atoms with Crippen LogP contribution in [0.3, 0.4) is 0 Å². The van der Waals surface area contributed by atoms with Crippen molar-refractivity contribution in [1.82, 2.24) is 31.6 Å². The van der Waals surface area contributed by atoms with E-state index in [-0.39, 0.29) is 55.8 Å². The van der Waals surface area contributed by atoms with Crippen LogP contribution in [0.4, 0.5) is 0 Å². The zero-order valence-electron chi connectivity index (χ0n) is 31.1. The summed E-state index contributed by atoms with van der Waals surface area (Å²) in [5.74, 6) is -3.24. The molecule has 0 fully saturated rings. The van der Waals surface area contributed by atoms with Gasteiger partial charge in [0, 0.05) is 26.4 Å². The van der Waals surface area contributed by atoms with Crippen LogP contribution in [0.1, 0.15) is 61.8 Å². The number of ether oxygens (including phenoxy) is 1. The molecule has 0 spiro atoms. The predicted molar refractivity (Wildman–Crippen MR) is 209 cm³/mol. The molecule has 5 amide bonds. The number of carbonyl (C=O) groups excluding carboxylic acids is 6. The lowest BCUT2D eigenvalue weighted by Crippen LogP contribution is -2.58. The molecule has 294 valence electrons. The lowest BCUT2D eigenvalue weighted by atomic mass is 10.00. The number of benzene rings is 2. The Morgan fingerprint density at radius 2 is 1.75 bits per heavy atom. The summed E-state index contributed by atoms with van der Waals surface area (Å²) in [7, 11) is 0. The Hall–Kier alpha value is -5.84. The molecule has 3 aromatic rings. The fourth-order valence-corrected chi connectivity index (χ4v) is 6.73. The average molecular weight is 776 g/mol. The number of aromatic nitrogens is 1. The van der Waals surface area contributed by atoms with Crippen LogP contribution in [0.5, 0.6) is 5.75 Å². The molecule has 5 rings (SSSR count). The van der Waals surface area contributed by atoms with Crippen LogP contribution < -0.4 is 42.8 Å². The Kier molecular flexibility index (Phi) is 15.7. The van der Waals surface area contributed by atoms with E-state index >= 15 is 0 Å². The number of carbonyl (C=O) groups is 6. The molecular formula is C38H49N9O7S. The van der Waals surface area contributed by atoms with Gasteiger partial charge in [-0.05, 0) is 61.1 Å². The number of para-hydroxylation sites is 1. The zero-order chi connectivity index (χ0) is 39.9. The van der Waals surface area contributed by atoms with Crippen LogP contribution >= 0.6 is 11.3 Å². The summed E-state index contributed by atoms with van der Waals surface area (Å²) >= 11 is 1.18. The summed E-state index contributed by atoms with van der Waals surface area (Å²) in [5.41, 5.74) is 12.3. The topological polar surface area (TPSA) is 249 Å². The first kappa shape index (κ1) is 41.9. The maximum atomic E-state index is 14.1. The maximum Gasteiger partial charge on any atom is 0.243 e. The Balaban J connectivity index is 1.63. The number of rotatable bonds is 11. The molecule has 2 bridgehead atoms. The van der Waals surface area contributed by atoms with Crippen molar-refractivity contribution in [3.63, 3.8) is 0 Å². The number of nitrogens with one attached hydrogen (secondary N) is 5. The van der Waals surface area contributed by atoms with E-state index in [1.165, 1.54) is 18.3 Å². The number of hydrogen-bond donors (Lipinski definition) is 7. The third-order valence-corrected chi connectivity index (χ3v) is 9.48. The molecule has 16 nitrogen and oxygen atoms in total. The van der Waals surface area contributed by atoms with Crippen molar-refractivity contribution in [2.75, 3.05) is 19.7 Å². The summed E-state index contributed by atoms with van der Waals surface area (Å²) in [6.45, 7) is 5.51. The molecule has 0 aliphatic carbocycles. The number of hydrogen-bond acceptors (Lipinski definition) is 10.